The molecule has 0 N–H and O–H groups in total. The molecule has 2 aromatic rings. The van der Waals surface area contributed by atoms with Crippen molar-refractivity contribution in [3.63, 3.8) is 0 Å². The lowest BCUT2D eigenvalue weighted by Gasteiger charge is -2.13. The third-order valence-electron chi connectivity index (χ3n) is 2.67. The predicted octanol–water partition coefficient (Wildman–Crippen LogP) is 4.09. The molecule has 0 aliphatic heterocycles. The quantitative estimate of drug-likeness (QED) is 0.843. The highest BCUT2D eigenvalue weighted by molar-refractivity contribution is 9.10. The molecule has 0 bridgehead atoms. The molecule has 0 unspecified atom stereocenters. The molecular weight excluding hydrogens is 290 g/mol. The lowest BCUT2D eigenvalue weighted by atomic mass is 10.2. The maximum absolute atomic E-state index is 5.73. The molecule has 0 heterocycles. The Morgan fingerprint density at radius 3 is 2.11 bits per heavy atom. The van der Waals surface area contributed by atoms with Crippen molar-refractivity contribution in [2.45, 2.75) is 6.61 Å². The van der Waals surface area contributed by atoms with E-state index in [0.29, 0.717) is 6.61 Å². The fourth-order valence-corrected chi connectivity index (χ4v) is 1.85. The molecule has 0 saturated heterocycles. The Hall–Kier alpha value is -1.48. The summed E-state index contributed by atoms with van der Waals surface area (Å²) in [6.45, 7) is 0.592. The van der Waals surface area contributed by atoms with Crippen LogP contribution in [-0.2, 0) is 6.61 Å². The van der Waals surface area contributed by atoms with Gasteiger partial charge in [-0.15, -0.1) is 0 Å². The van der Waals surface area contributed by atoms with Crippen LogP contribution in [0.5, 0.6) is 5.75 Å². The minimum atomic E-state index is 0.592. The van der Waals surface area contributed by atoms with Crippen molar-refractivity contribution < 1.29 is 4.74 Å². The van der Waals surface area contributed by atoms with E-state index in [1.807, 2.05) is 38.4 Å². The number of anilines is 1. The van der Waals surface area contributed by atoms with Crippen LogP contribution in [-0.4, -0.2) is 14.1 Å². The Morgan fingerprint density at radius 2 is 1.56 bits per heavy atom. The Kier molecular flexibility index (Phi) is 4.26. The highest BCUT2D eigenvalue weighted by atomic mass is 79.9. The minimum Gasteiger partial charge on any atom is -0.489 e. The zero-order valence-corrected chi connectivity index (χ0v) is 12.1. The Bertz CT molecular complexity index is 491. The molecule has 18 heavy (non-hydrogen) atoms. The van der Waals surface area contributed by atoms with Gasteiger partial charge in [0.2, 0.25) is 0 Å². The summed E-state index contributed by atoms with van der Waals surface area (Å²) in [4.78, 5) is 2.07. The van der Waals surface area contributed by atoms with Gasteiger partial charge in [0.25, 0.3) is 0 Å². The normalized spacial score (nSPS) is 10.2. The second-order valence-corrected chi connectivity index (χ2v) is 5.22. The van der Waals surface area contributed by atoms with Crippen LogP contribution in [0.3, 0.4) is 0 Å². The minimum absolute atomic E-state index is 0.592. The largest absolute Gasteiger partial charge is 0.489 e. The summed E-state index contributed by atoms with van der Waals surface area (Å²) in [5, 5.41) is 0. The number of hydrogen-bond donors (Lipinski definition) is 0. The number of hydrogen-bond acceptors (Lipinski definition) is 2. The summed E-state index contributed by atoms with van der Waals surface area (Å²) in [5.41, 5.74) is 2.33. The first-order valence-corrected chi connectivity index (χ1v) is 6.59. The SMILES string of the molecule is CN(C)c1ccc(OCc2ccc(Br)cc2)cc1. The van der Waals surface area contributed by atoms with Gasteiger partial charge in [0.15, 0.2) is 0 Å². The van der Waals surface area contributed by atoms with E-state index in [1.165, 1.54) is 5.69 Å². The number of rotatable bonds is 4. The summed E-state index contributed by atoms with van der Waals surface area (Å²) in [5.74, 6) is 0.892. The molecule has 0 amide bonds. The molecule has 2 aromatic carbocycles. The Labute approximate surface area is 116 Å². The van der Waals surface area contributed by atoms with Gasteiger partial charge in [0.1, 0.15) is 12.4 Å². The van der Waals surface area contributed by atoms with Crippen LogP contribution in [0.4, 0.5) is 5.69 Å². The molecule has 0 aromatic heterocycles. The Balaban J connectivity index is 1.95. The summed E-state index contributed by atoms with van der Waals surface area (Å²) in [6.07, 6.45) is 0. The molecule has 0 spiro atoms. The van der Waals surface area contributed by atoms with Crippen molar-refractivity contribution in [3.8, 4) is 5.75 Å². The van der Waals surface area contributed by atoms with Crippen molar-refractivity contribution in [1.29, 1.82) is 0 Å². The molecule has 2 nitrogen and oxygen atoms in total. The second-order valence-electron chi connectivity index (χ2n) is 4.30. The van der Waals surface area contributed by atoms with E-state index in [0.717, 1.165) is 15.8 Å². The molecule has 2 rings (SSSR count). The van der Waals surface area contributed by atoms with Crippen molar-refractivity contribution in [2.75, 3.05) is 19.0 Å². The summed E-state index contributed by atoms with van der Waals surface area (Å²) in [6, 6.07) is 16.2. The fourth-order valence-electron chi connectivity index (χ4n) is 1.59. The highest BCUT2D eigenvalue weighted by Crippen LogP contribution is 2.19. The van der Waals surface area contributed by atoms with E-state index in [4.69, 9.17) is 4.74 Å². The van der Waals surface area contributed by atoms with Crippen LogP contribution in [0, 0.1) is 0 Å². The molecule has 0 aliphatic carbocycles. The van der Waals surface area contributed by atoms with Crippen molar-refractivity contribution >= 4 is 21.6 Å². The lowest BCUT2D eigenvalue weighted by Crippen LogP contribution is -2.08. The van der Waals surface area contributed by atoms with Gasteiger partial charge in [-0.1, -0.05) is 28.1 Å². The molecule has 94 valence electrons. The van der Waals surface area contributed by atoms with Crippen LogP contribution in [0.15, 0.2) is 53.0 Å². The lowest BCUT2D eigenvalue weighted by molar-refractivity contribution is 0.306. The molecule has 0 aliphatic rings. The van der Waals surface area contributed by atoms with Gasteiger partial charge in [-0.05, 0) is 42.0 Å². The van der Waals surface area contributed by atoms with E-state index in [9.17, 15) is 0 Å². The second kappa shape index (κ2) is 5.91. The van der Waals surface area contributed by atoms with Crippen LogP contribution < -0.4 is 9.64 Å². The van der Waals surface area contributed by atoms with Crippen LogP contribution in [0.1, 0.15) is 5.56 Å². The van der Waals surface area contributed by atoms with E-state index < -0.39 is 0 Å². The third kappa shape index (κ3) is 3.50. The van der Waals surface area contributed by atoms with Crippen molar-refractivity contribution in [2.24, 2.45) is 0 Å². The molecule has 3 heteroatoms. The predicted molar refractivity (Wildman–Crippen MR) is 79.2 cm³/mol. The van der Waals surface area contributed by atoms with Gasteiger partial charge in [-0.25, -0.2) is 0 Å². The van der Waals surface area contributed by atoms with Crippen LogP contribution in [0.2, 0.25) is 0 Å². The van der Waals surface area contributed by atoms with E-state index in [1.54, 1.807) is 0 Å². The van der Waals surface area contributed by atoms with Gasteiger partial charge in [0.05, 0.1) is 0 Å². The maximum Gasteiger partial charge on any atom is 0.119 e. The molecule has 0 fully saturated rings. The first-order valence-electron chi connectivity index (χ1n) is 5.80. The summed E-state index contributed by atoms with van der Waals surface area (Å²) < 4.78 is 6.82. The first kappa shape index (κ1) is 13.0. The summed E-state index contributed by atoms with van der Waals surface area (Å²) in [7, 11) is 4.05. The van der Waals surface area contributed by atoms with E-state index in [2.05, 4.69) is 45.1 Å². The van der Waals surface area contributed by atoms with Crippen LogP contribution >= 0.6 is 15.9 Å². The monoisotopic (exact) mass is 305 g/mol. The maximum atomic E-state index is 5.73. The molecule has 0 radical (unpaired) electrons. The molecule has 0 atom stereocenters. The van der Waals surface area contributed by atoms with Crippen molar-refractivity contribution in [3.05, 3.63) is 58.6 Å². The van der Waals surface area contributed by atoms with Gasteiger partial charge in [0, 0.05) is 24.3 Å². The van der Waals surface area contributed by atoms with Gasteiger partial charge >= 0.3 is 0 Å². The zero-order chi connectivity index (χ0) is 13.0. The average molecular weight is 306 g/mol. The number of benzene rings is 2. The van der Waals surface area contributed by atoms with Gasteiger partial charge in [-0.3, -0.25) is 0 Å². The summed E-state index contributed by atoms with van der Waals surface area (Å²) >= 11 is 3.42. The Morgan fingerprint density at radius 1 is 0.944 bits per heavy atom. The average Bonchev–Trinajstić information content (AvgIpc) is 2.38. The zero-order valence-electron chi connectivity index (χ0n) is 10.6. The van der Waals surface area contributed by atoms with Gasteiger partial charge < -0.3 is 9.64 Å². The smallest absolute Gasteiger partial charge is 0.119 e. The highest BCUT2D eigenvalue weighted by Gasteiger charge is 1.98. The standard InChI is InChI=1S/C15H16BrNO/c1-17(2)14-7-9-15(10-8-14)18-11-12-3-5-13(16)6-4-12/h3-10H,11H2,1-2H3. The fraction of sp³-hybridized carbons (Fsp3) is 0.200. The van der Waals surface area contributed by atoms with Gasteiger partial charge in [-0.2, -0.15) is 0 Å². The van der Waals surface area contributed by atoms with E-state index in [-0.39, 0.29) is 0 Å². The molecular formula is C15H16BrNO. The number of halogens is 1. The first-order chi connectivity index (χ1) is 8.65. The number of nitrogens with zero attached hydrogens (tertiary/aromatic N) is 1. The van der Waals surface area contributed by atoms with E-state index >= 15 is 0 Å². The number of ether oxygens (including phenoxy) is 1. The topological polar surface area (TPSA) is 12.5 Å². The molecule has 0 saturated carbocycles. The van der Waals surface area contributed by atoms with Crippen molar-refractivity contribution in [1.82, 2.24) is 0 Å². The third-order valence-corrected chi connectivity index (χ3v) is 3.20. The van der Waals surface area contributed by atoms with Crippen LogP contribution in [0.25, 0.3) is 0 Å².